The van der Waals surface area contributed by atoms with Gasteiger partial charge in [-0.1, -0.05) is 23.7 Å². The van der Waals surface area contributed by atoms with Crippen molar-refractivity contribution < 1.29 is 9.59 Å². The maximum atomic E-state index is 12.7. The lowest BCUT2D eigenvalue weighted by molar-refractivity contribution is -0.131. The van der Waals surface area contributed by atoms with Crippen LogP contribution in [-0.4, -0.2) is 70.3 Å². The molecule has 0 aliphatic carbocycles. The van der Waals surface area contributed by atoms with Crippen molar-refractivity contribution in [3.8, 4) is 0 Å². The number of nitrogens with zero attached hydrogens (tertiary/aromatic N) is 4. The molecule has 1 aromatic carbocycles. The van der Waals surface area contributed by atoms with Gasteiger partial charge in [-0.25, -0.2) is 9.48 Å². The Balaban J connectivity index is 1.42. The van der Waals surface area contributed by atoms with Gasteiger partial charge >= 0.3 is 6.03 Å². The molecule has 1 aromatic heterocycles. The Morgan fingerprint density at radius 2 is 2.19 bits per heavy atom. The van der Waals surface area contributed by atoms with Crippen LogP contribution >= 0.6 is 11.6 Å². The molecule has 0 radical (unpaired) electrons. The van der Waals surface area contributed by atoms with E-state index in [1.807, 2.05) is 24.3 Å². The fourth-order valence-electron chi connectivity index (χ4n) is 3.52. The van der Waals surface area contributed by atoms with Crippen LogP contribution in [-0.2, 0) is 11.3 Å². The summed E-state index contributed by atoms with van der Waals surface area (Å²) in [5.74, 6) is 0.597. The van der Waals surface area contributed by atoms with Crippen molar-refractivity contribution in [2.45, 2.75) is 12.6 Å². The first-order valence-corrected chi connectivity index (χ1v) is 9.32. The summed E-state index contributed by atoms with van der Waals surface area (Å²) in [7, 11) is 0. The zero-order valence-electron chi connectivity index (χ0n) is 14.8. The van der Waals surface area contributed by atoms with Gasteiger partial charge in [0.15, 0.2) is 0 Å². The molecule has 0 spiro atoms. The highest BCUT2D eigenvalue weighted by Gasteiger charge is 2.36. The summed E-state index contributed by atoms with van der Waals surface area (Å²) in [5.41, 5.74) is 0.995. The number of nitrogens with one attached hydrogen (secondary N) is 2. The van der Waals surface area contributed by atoms with Crippen molar-refractivity contribution in [1.29, 1.82) is 0 Å². The van der Waals surface area contributed by atoms with E-state index >= 15 is 0 Å². The number of carbonyl (C=O) groups excluding carboxylic acids is 2. The minimum atomic E-state index is -0.269. The highest BCUT2D eigenvalue weighted by atomic mass is 35.5. The topological polar surface area (TPSA) is 82.5 Å². The van der Waals surface area contributed by atoms with Gasteiger partial charge in [-0.2, -0.15) is 5.10 Å². The molecule has 4 rings (SSSR count). The molecule has 142 valence electrons. The van der Waals surface area contributed by atoms with Gasteiger partial charge in [-0.3, -0.25) is 15.0 Å². The summed E-state index contributed by atoms with van der Waals surface area (Å²) in [6.45, 7) is 3.69. The SMILES string of the molecule is O=C1NCCN2CCN(C(=O)Nc3ccnn3Cc3cccc(Cl)c3)C[C@H]12. The Kier molecular flexibility index (Phi) is 5.00. The van der Waals surface area contributed by atoms with Crippen LogP contribution < -0.4 is 10.6 Å². The number of hydrogen-bond acceptors (Lipinski definition) is 4. The number of anilines is 1. The quantitative estimate of drug-likeness (QED) is 0.828. The zero-order valence-corrected chi connectivity index (χ0v) is 15.5. The van der Waals surface area contributed by atoms with Crippen LogP contribution in [0.1, 0.15) is 5.56 Å². The molecule has 2 saturated heterocycles. The summed E-state index contributed by atoms with van der Waals surface area (Å²) in [6.07, 6.45) is 1.65. The Morgan fingerprint density at radius 1 is 1.30 bits per heavy atom. The average Bonchev–Trinajstić information content (AvgIpc) is 3.08. The van der Waals surface area contributed by atoms with E-state index in [-0.39, 0.29) is 18.0 Å². The predicted octanol–water partition coefficient (Wildman–Crippen LogP) is 1.23. The number of hydrogen-bond donors (Lipinski definition) is 2. The van der Waals surface area contributed by atoms with Crippen molar-refractivity contribution in [3.63, 3.8) is 0 Å². The Bertz CT molecular complexity index is 854. The smallest absolute Gasteiger partial charge is 0.323 e. The van der Waals surface area contributed by atoms with E-state index in [0.717, 1.165) is 12.1 Å². The lowest BCUT2D eigenvalue weighted by Crippen LogP contribution is -2.64. The van der Waals surface area contributed by atoms with E-state index in [4.69, 9.17) is 11.6 Å². The minimum Gasteiger partial charge on any atom is -0.353 e. The maximum absolute atomic E-state index is 12.7. The third-order valence-electron chi connectivity index (χ3n) is 4.95. The molecule has 0 saturated carbocycles. The Labute approximate surface area is 162 Å². The second-order valence-electron chi connectivity index (χ2n) is 6.72. The minimum absolute atomic E-state index is 0.00949. The molecular formula is C18H21ClN6O2. The third-order valence-corrected chi connectivity index (χ3v) is 5.19. The van der Waals surface area contributed by atoms with E-state index < -0.39 is 0 Å². The summed E-state index contributed by atoms with van der Waals surface area (Å²) in [6, 6.07) is 8.80. The molecule has 3 amide bonds. The average molecular weight is 389 g/mol. The second-order valence-corrected chi connectivity index (χ2v) is 7.16. The van der Waals surface area contributed by atoms with Gasteiger partial charge in [0.2, 0.25) is 5.91 Å². The first-order chi connectivity index (χ1) is 13.1. The molecule has 0 bridgehead atoms. The fraction of sp³-hybridized carbons (Fsp3) is 0.389. The summed E-state index contributed by atoms with van der Waals surface area (Å²) < 4.78 is 1.72. The predicted molar refractivity (Wildman–Crippen MR) is 102 cm³/mol. The molecule has 2 aliphatic rings. The summed E-state index contributed by atoms with van der Waals surface area (Å²) in [4.78, 5) is 28.6. The monoisotopic (exact) mass is 388 g/mol. The van der Waals surface area contributed by atoms with Crippen molar-refractivity contribution in [2.75, 3.05) is 38.0 Å². The van der Waals surface area contributed by atoms with Gasteiger partial charge in [-0.15, -0.1) is 0 Å². The second kappa shape index (κ2) is 7.58. The van der Waals surface area contributed by atoms with E-state index in [2.05, 4.69) is 20.6 Å². The lowest BCUT2D eigenvalue weighted by atomic mass is 10.1. The van der Waals surface area contributed by atoms with Crippen molar-refractivity contribution in [1.82, 2.24) is 24.9 Å². The van der Waals surface area contributed by atoms with E-state index in [1.165, 1.54) is 0 Å². The molecule has 2 aliphatic heterocycles. The zero-order chi connectivity index (χ0) is 18.8. The molecule has 3 heterocycles. The standard InChI is InChI=1S/C18H21ClN6O2/c19-14-3-1-2-13(10-14)11-25-16(4-5-21-25)22-18(27)24-9-8-23-7-6-20-17(26)15(23)12-24/h1-5,10,15H,6-9,11-12H2,(H,20,26)(H,22,27)/t15-/m1/s1. The number of amides is 3. The van der Waals surface area contributed by atoms with Crippen LogP contribution in [0.25, 0.3) is 0 Å². The molecular weight excluding hydrogens is 368 g/mol. The van der Waals surface area contributed by atoms with Crippen LogP contribution in [0.2, 0.25) is 5.02 Å². The number of halogens is 1. The third kappa shape index (κ3) is 3.91. The van der Waals surface area contributed by atoms with Gasteiger partial charge in [0.1, 0.15) is 11.9 Å². The van der Waals surface area contributed by atoms with Crippen molar-refractivity contribution in [2.24, 2.45) is 0 Å². The molecule has 27 heavy (non-hydrogen) atoms. The van der Waals surface area contributed by atoms with Gasteiger partial charge in [0.25, 0.3) is 0 Å². The van der Waals surface area contributed by atoms with Crippen molar-refractivity contribution >= 4 is 29.4 Å². The van der Waals surface area contributed by atoms with Crippen LogP contribution in [0.4, 0.5) is 10.6 Å². The van der Waals surface area contributed by atoms with Gasteiger partial charge < -0.3 is 10.2 Å². The summed E-state index contributed by atoms with van der Waals surface area (Å²) in [5, 5.41) is 10.7. The van der Waals surface area contributed by atoms with E-state index in [1.54, 1.807) is 21.8 Å². The van der Waals surface area contributed by atoms with Gasteiger partial charge in [-0.05, 0) is 17.7 Å². The van der Waals surface area contributed by atoms with Crippen LogP contribution in [0.3, 0.4) is 0 Å². The van der Waals surface area contributed by atoms with Crippen LogP contribution in [0.15, 0.2) is 36.5 Å². The number of rotatable bonds is 3. The summed E-state index contributed by atoms with van der Waals surface area (Å²) >= 11 is 6.04. The number of benzene rings is 1. The molecule has 2 N–H and O–H groups in total. The highest BCUT2D eigenvalue weighted by molar-refractivity contribution is 6.30. The van der Waals surface area contributed by atoms with E-state index in [0.29, 0.717) is 43.6 Å². The molecule has 0 unspecified atom stereocenters. The van der Waals surface area contributed by atoms with E-state index in [9.17, 15) is 9.59 Å². The molecule has 2 fully saturated rings. The molecule has 2 aromatic rings. The van der Waals surface area contributed by atoms with Gasteiger partial charge in [0, 0.05) is 43.8 Å². The Hall–Kier alpha value is -2.58. The van der Waals surface area contributed by atoms with Crippen LogP contribution in [0.5, 0.6) is 0 Å². The first kappa shape index (κ1) is 17.8. The number of aromatic nitrogens is 2. The number of carbonyl (C=O) groups is 2. The molecule has 8 nitrogen and oxygen atoms in total. The normalized spacial score (nSPS) is 20.1. The first-order valence-electron chi connectivity index (χ1n) is 8.94. The largest absolute Gasteiger partial charge is 0.353 e. The van der Waals surface area contributed by atoms with Crippen molar-refractivity contribution in [3.05, 3.63) is 47.1 Å². The number of piperazine rings is 2. The maximum Gasteiger partial charge on any atom is 0.323 e. The Morgan fingerprint density at radius 3 is 3.04 bits per heavy atom. The number of urea groups is 1. The fourth-order valence-corrected chi connectivity index (χ4v) is 3.74. The highest BCUT2D eigenvalue weighted by Crippen LogP contribution is 2.17. The number of fused-ring (bicyclic) bond motifs is 1. The van der Waals surface area contributed by atoms with Gasteiger partial charge in [0.05, 0.1) is 12.7 Å². The lowest BCUT2D eigenvalue weighted by Gasteiger charge is -2.42. The molecule has 1 atom stereocenters. The van der Waals surface area contributed by atoms with Crippen LogP contribution in [0, 0.1) is 0 Å². The molecule has 9 heteroatoms.